The summed E-state index contributed by atoms with van der Waals surface area (Å²) in [4.78, 5) is 38.5. The highest BCUT2D eigenvalue weighted by Crippen LogP contribution is 2.38. The highest BCUT2D eigenvalue weighted by molar-refractivity contribution is 7.17. The minimum atomic E-state index is -0.934. The molecule has 3 aromatic carbocycles. The molecule has 0 unspecified atom stereocenters. The van der Waals surface area contributed by atoms with Crippen molar-refractivity contribution in [3.8, 4) is 5.75 Å². The summed E-state index contributed by atoms with van der Waals surface area (Å²) >= 11 is 1.32. The smallest absolute Gasteiger partial charge is 0.341 e. The fourth-order valence-electron chi connectivity index (χ4n) is 4.75. The summed E-state index contributed by atoms with van der Waals surface area (Å²) in [5.74, 6) is -1.66. The van der Waals surface area contributed by atoms with Gasteiger partial charge in [-0.25, -0.2) is 10.2 Å². The number of carbonyl (C=O) groups excluding carboxylic acids is 3. The van der Waals surface area contributed by atoms with Crippen LogP contribution in [0, 0.1) is 0 Å². The minimum absolute atomic E-state index is 0.332. The van der Waals surface area contributed by atoms with E-state index < -0.39 is 17.8 Å². The van der Waals surface area contributed by atoms with E-state index in [0.29, 0.717) is 28.6 Å². The number of nitrogens with zero attached hydrogens (tertiary/aromatic N) is 1. The second-order valence-corrected chi connectivity index (χ2v) is 10.6. The monoisotopic (exact) mass is 555 g/mol. The molecule has 1 aliphatic rings. The maximum atomic E-state index is 12.6. The number of methoxy groups -OCH3 is 1. The molecule has 0 aliphatic heterocycles. The number of hydrazone groups is 1. The van der Waals surface area contributed by atoms with Gasteiger partial charge in [0.05, 0.1) is 18.4 Å². The summed E-state index contributed by atoms with van der Waals surface area (Å²) in [5, 5.41) is 9.31. The number of amides is 2. The number of ether oxygens (including phenoxy) is 2. The largest absolute Gasteiger partial charge is 0.489 e. The molecule has 1 aliphatic carbocycles. The van der Waals surface area contributed by atoms with Crippen molar-refractivity contribution in [2.45, 2.75) is 39.2 Å². The lowest BCUT2D eigenvalue weighted by Gasteiger charge is -2.11. The minimum Gasteiger partial charge on any atom is -0.489 e. The van der Waals surface area contributed by atoms with Crippen LogP contribution in [0.5, 0.6) is 5.75 Å². The molecule has 2 amide bonds. The Morgan fingerprint density at radius 3 is 2.48 bits per heavy atom. The SMILES string of the molecule is COC(=O)c1c(NC(=O)C(=O)N/N=C(\C)c2ccc(OCc3cccc4ccccc34)cc2)sc2c1CCCC2. The lowest BCUT2D eigenvalue weighted by atomic mass is 9.95. The number of fused-ring (bicyclic) bond motifs is 2. The molecule has 1 heterocycles. The first-order valence-corrected chi connectivity index (χ1v) is 13.8. The van der Waals surface area contributed by atoms with Gasteiger partial charge >= 0.3 is 17.8 Å². The van der Waals surface area contributed by atoms with Crippen LogP contribution in [0.15, 0.2) is 71.8 Å². The number of anilines is 1. The van der Waals surface area contributed by atoms with Crippen molar-refractivity contribution < 1.29 is 23.9 Å². The topological polar surface area (TPSA) is 106 Å². The molecule has 4 aromatic rings. The van der Waals surface area contributed by atoms with E-state index in [1.165, 1.54) is 23.8 Å². The lowest BCUT2D eigenvalue weighted by Crippen LogP contribution is -2.33. The zero-order valence-corrected chi connectivity index (χ0v) is 23.1. The number of carbonyl (C=O) groups is 3. The fourth-order valence-corrected chi connectivity index (χ4v) is 6.03. The zero-order chi connectivity index (χ0) is 28.1. The Kier molecular flexibility index (Phi) is 8.21. The number of nitrogens with one attached hydrogen (secondary N) is 2. The van der Waals surface area contributed by atoms with Crippen molar-refractivity contribution >= 4 is 50.6 Å². The molecule has 204 valence electrons. The standard InChI is InChI=1S/C31H29N3O5S/c1-19(20-14-16-23(17-15-20)39-18-22-10-7-9-21-8-3-4-11-24(21)22)33-34-29(36)28(35)32-30-27(31(37)38-2)25-12-5-6-13-26(25)40-30/h3-4,7-11,14-17H,5-6,12-13,18H2,1-2H3,(H,32,35)(H,34,36)/b33-19+. The van der Waals surface area contributed by atoms with E-state index in [-0.39, 0.29) is 0 Å². The summed E-state index contributed by atoms with van der Waals surface area (Å²) < 4.78 is 10.9. The second-order valence-electron chi connectivity index (χ2n) is 9.45. The molecule has 0 fully saturated rings. The third-order valence-corrected chi connectivity index (χ3v) is 8.07. The first kappa shape index (κ1) is 27.1. The lowest BCUT2D eigenvalue weighted by molar-refractivity contribution is -0.136. The Hall–Kier alpha value is -4.50. The van der Waals surface area contributed by atoms with E-state index >= 15 is 0 Å². The van der Waals surface area contributed by atoms with Crippen LogP contribution in [0.4, 0.5) is 5.00 Å². The molecule has 0 spiro atoms. The molecule has 40 heavy (non-hydrogen) atoms. The summed E-state index contributed by atoms with van der Waals surface area (Å²) in [6.07, 6.45) is 3.57. The summed E-state index contributed by atoms with van der Waals surface area (Å²) in [6.45, 7) is 2.16. The van der Waals surface area contributed by atoms with Gasteiger partial charge in [0.15, 0.2) is 0 Å². The molecule has 2 N–H and O–H groups in total. The number of aryl methyl sites for hydroxylation is 1. The average Bonchev–Trinajstić information content (AvgIpc) is 3.36. The predicted octanol–water partition coefficient (Wildman–Crippen LogP) is 5.62. The summed E-state index contributed by atoms with van der Waals surface area (Å²) in [7, 11) is 1.30. The van der Waals surface area contributed by atoms with Crippen molar-refractivity contribution in [1.82, 2.24) is 5.43 Å². The molecular weight excluding hydrogens is 526 g/mol. The van der Waals surface area contributed by atoms with Crippen LogP contribution < -0.4 is 15.5 Å². The molecule has 0 radical (unpaired) electrons. The van der Waals surface area contributed by atoms with E-state index in [1.54, 1.807) is 6.92 Å². The van der Waals surface area contributed by atoms with E-state index in [0.717, 1.165) is 52.6 Å². The first-order chi connectivity index (χ1) is 19.4. The van der Waals surface area contributed by atoms with Crippen LogP contribution >= 0.6 is 11.3 Å². The van der Waals surface area contributed by atoms with Gasteiger partial charge in [0, 0.05) is 4.88 Å². The van der Waals surface area contributed by atoms with Gasteiger partial charge in [0.2, 0.25) is 0 Å². The molecular formula is C31H29N3O5S. The maximum Gasteiger partial charge on any atom is 0.341 e. The van der Waals surface area contributed by atoms with Crippen molar-refractivity contribution in [1.29, 1.82) is 0 Å². The Morgan fingerprint density at radius 1 is 0.925 bits per heavy atom. The van der Waals surface area contributed by atoms with Crippen molar-refractivity contribution in [3.05, 3.63) is 93.9 Å². The number of benzene rings is 3. The third-order valence-electron chi connectivity index (χ3n) is 6.87. The molecule has 1 aromatic heterocycles. The molecule has 0 atom stereocenters. The second kappa shape index (κ2) is 12.1. The van der Waals surface area contributed by atoms with Gasteiger partial charge < -0.3 is 14.8 Å². The van der Waals surface area contributed by atoms with Crippen molar-refractivity contribution in [2.75, 3.05) is 12.4 Å². The van der Waals surface area contributed by atoms with E-state index in [2.05, 4.69) is 40.1 Å². The Balaban J connectivity index is 1.19. The Labute approximate surface area is 236 Å². The van der Waals surface area contributed by atoms with Gasteiger partial charge in [-0.3, -0.25) is 9.59 Å². The average molecular weight is 556 g/mol. The highest BCUT2D eigenvalue weighted by atomic mass is 32.1. The first-order valence-electron chi connectivity index (χ1n) is 13.0. The van der Waals surface area contributed by atoms with Gasteiger partial charge in [-0.2, -0.15) is 5.10 Å². The Bertz CT molecular complexity index is 1600. The van der Waals surface area contributed by atoms with Gasteiger partial charge in [-0.15, -0.1) is 11.3 Å². The highest BCUT2D eigenvalue weighted by Gasteiger charge is 2.28. The van der Waals surface area contributed by atoms with Gasteiger partial charge in [-0.05, 0) is 84.3 Å². The summed E-state index contributed by atoms with van der Waals surface area (Å²) in [5.41, 5.74) is 5.91. The van der Waals surface area contributed by atoms with Gasteiger partial charge in [0.25, 0.3) is 0 Å². The van der Waals surface area contributed by atoms with E-state index in [1.807, 2.05) is 42.5 Å². The number of rotatable bonds is 7. The van der Waals surface area contributed by atoms with Crippen LogP contribution in [0.2, 0.25) is 0 Å². The quantitative estimate of drug-likeness (QED) is 0.133. The van der Waals surface area contributed by atoms with Crippen molar-refractivity contribution in [3.63, 3.8) is 0 Å². The third kappa shape index (κ3) is 5.89. The number of thiophene rings is 1. The van der Waals surface area contributed by atoms with Crippen LogP contribution in [0.25, 0.3) is 10.8 Å². The molecule has 9 heteroatoms. The van der Waals surface area contributed by atoms with Crippen LogP contribution in [-0.2, 0) is 33.8 Å². The van der Waals surface area contributed by atoms with E-state index in [9.17, 15) is 14.4 Å². The van der Waals surface area contributed by atoms with E-state index in [4.69, 9.17) is 9.47 Å². The number of hydrogen-bond donors (Lipinski definition) is 2. The normalized spacial score (nSPS) is 12.9. The maximum absolute atomic E-state index is 12.6. The van der Waals surface area contributed by atoms with Crippen LogP contribution in [0.1, 0.15) is 51.7 Å². The predicted molar refractivity (Wildman–Crippen MR) is 156 cm³/mol. The summed E-state index contributed by atoms with van der Waals surface area (Å²) in [6, 6.07) is 21.7. The molecule has 0 saturated carbocycles. The van der Waals surface area contributed by atoms with Crippen molar-refractivity contribution in [2.24, 2.45) is 5.10 Å². The van der Waals surface area contributed by atoms with Gasteiger partial charge in [0.1, 0.15) is 17.4 Å². The molecule has 0 saturated heterocycles. The molecule has 0 bridgehead atoms. The molecule has 8 nitrogen and oxygen atoms in total. The molecule has 5 rings (SSSR count). The van der Waals surface area contributed by atoms with Crippen LogP contribution in [0.3, 0.4) is 0 Å². The number of hydrogen-bond acceptors (Lipinski definition) is 7. The zero-order valence-electron chi connectivity index (χ0n) is 22.3. The van der Waals surface area contributed by atoms with Gasteiger partial charge in [-0.1, -0.05) is 42.5 Å². The number of esters is 1. The van der Waals surface area contributed by atoms with Crippen LogP contribution in [-0.4, -0.2) is 30.6 Å². The Morgan fingerprint density at radius 2 is 1.68 bits per heavy atom. The fraction of sp³-hybridized carbons (Fsp3) is 0.226.